The van der Waals surface area contributed by atoms with Crippen LogP contribution in [0.4, 0.5) is 0 Å². The number of nitrogens with zero attached hydrogens (tertiary/aromatic N) is 3. The van der Waals surface area contributed by atoms with Crippen LogP contribution in [0.5, 0.6) is 0 Å². The first kappa shape index (κ1) is 17.6. The molecule has 0 spiro atoms. The van der Waals surface area contributed by atoms with Crippen molar-refractivity contribution in [2.75, 3.05) is 19.6 Å². The zero-order valence-electron chi connectivity index (χ0n) is 14.0. The van der Waals surface area contributed by atoms with Crippen LogP contribution in [0.1, 0.15) is 29.6 Å². The Morgan fingerprint density at radius 2 is 2.04 bits per heavy atom. The minimum absolute atomic E-state index is 0.181. The van der Waals surface area contributed by atoms with Gasteiger partial charge in [0, 0.05) is 44.1 Å². The molecule has 25 heavy (non-hydrogen) atoms. The normalized spacial score (nSPS) is 15.4. The summed E-state index contributed by atoms with van der Waals surface area (Å²) in [6.45, 7) is 2.38. The fourth-order valence-corrected chi connectivity index (χ4v) is 4.42. The van der Waals surface area contributed by atoms with E-state index in [1.165, 1.54) is 10.4 Å². The average molecular weight is 362 g/mol. The smallest absolute Gasteiger partial charge is 0.251 e. The van der Waals surface area contributed by atoms with Gasteiger partial charge in [0.2, 0.25) is 10.0 Å². The van der Waals surface area contributed by atoms with Crippen molar-refractivity contribution in [1.29, 1.82) is 0 Å². The highest BCUT2D eigenvalue weighted by atomic mass is 32.2. The van der Waals surface area contributed by atoms with Crippen molar-refractivity contribution in [3.63, 3.8) is 0 Å². The second kappa shape index (κ2) is 7.79. The third-order valence-corrected chi connectivity index (χ3v) is 6.13. The Morgan fingerprint density at radius 1 is 1.24 bits per heavy atom. The number of amides is 1. The van der Waals surface area contributed by atoms with E-state index in [0.717, 1.165) is 25.8 Å². The SMILES string of the molecule is O=C(NCCCn1ccnc1)c1cccc(S(=O)(=O)N2CCCC2)c1. The number of hydrogen-bond donors (Lipinski definition) is 1. The molecule has 1 aromatic heterocycles. The molecule has 0 unspecified atom stereocenters. The summed E-state index contributed by atoms with van der Waals surface area (Å²) in [5.74, 6) is -0.260. The number of sulfonamides is 1. The minimum atomic E-state index is -3.51. The van der Waals surface area contributed by atoms with Gasteiger partial charge in [0.1, 0.15) is 0 Å². The molecule has 7 nitrogen and oxygen atoms in total. The summed E-state index contributed by atoms with van der Waals surface area (Å²) in [6, 6.07) is 6.25. The van der Waals surface area contributed by atoms with Crippen LogP contribution >= 0.6 is 0 Å². The first-order chi connectivity index (χ1) is 12.1. The number of aryl methyl sites for hydroxylation is 1. The summed E-state index contributed by atoms with van der Waals surface area (Å²) in [7, 11) is -3.51. The summed E-state index contributed by atoms with van der Waals surface area (Å²) in [5, 5.41) is 2.83. The Hall–Kier alpha value is -2.19. The largest absolute Gasteiger partial charge is 0.352 e. The molecule has 134 valence electrons. The van der Waals surface area contributed by atoms with Crippen molar-refractivity contribution in [2.45, 2.75) is 30.7 Å². The van der Waals surface area contributed by atoms with Gasteiger partial charge in [-0.25, -0.2) is 13.4 Å². The Labute approximate surface area is 147 Å². The number of aromatic nitrogens is 2. The highest BCUT2D eigenvalue weighted by Gasteiger charge is 2.27. The van der Waals surface area contributed by atoms with E-state index < -0.39 is 10.0 Å². The molecular formula is C17H22N4O3S. The number of hydrogen-bond acceptors (Lipinski definition) is 4. The third-order valence-electron chi connectivity index (χ3n) is 4.24. The topological polar surface area (TPSA) is 84.3 Å². The summed E-state index contributed by atoms with van der Waals surface area (Å²) in [5.41, 5.74) is 0.364. The fourth-order valence-electron chi connectivity index (χ4n) is 2.86. The number of nitrogens with one attached hydrogen (secondary N) is 1. The van der Waals surface area contributed by atoms with Gasteiger partial charge in [0.25, 0.3) is 5.91 Å². The van der Waals surface area contributed by atoms with E-state index >= 15 is 0 Å². The van der Waals surface area contributed by atoms with Gasteiger partial charge < -0.3 is 9.88 Å². The molecule has 0 saturated carbocycles. The number of rotatable bonds is 7. The van der Waals surface area contributed by atoms with Gasteiger partial charge in [0.15, 0.2) is 0 Å². The van der Waals surface area contributed by atoms with Gasteiger partial charge in [-0.05, 0) is 37.5 Å². The number of carbonyl (C=O) groups excluding carboxylic acids is 1. The Morgan fingerprint density at radius 3 is 2.76 bits per heavy atom. The first-order valence-corrected chi connectivity index (χ1v) is 9.85. The maximum Gasteiger partial charge on any atom is 0.251 e. The van der Waals surface area contributed by atoms with Crippen molar-refractivity contribution in [3.05, 3.63) is 48.5 Å². The van der Waals surface area contributed by atoms with E-state index in [1.807, 2.05) is 10.8 Å². The average Bonchev–Trinajstić information content (AvgIpc) is 3.32. The van der Waals surface area contributed by atoms with E-state index in [0.29, 0.717) is 25.2 Å². The van der Waals surface area contributed by atoms with Gasteiger partial charge in [-0.2, -0.15) is 4.31 Å². The lowest BCUT2D eigenvalue weighted by atomic mass is 10.2. The van der Waals surface area contributed by atoms with Gasteiger partial charge in [-0.3, -0.25) is 4.79 Å². The van der Waals surface area contributed by atoms with Crippen LogP contribution in [0, 0.1) is 0 Å². The summed E-state index contributed by atoms with van der Waals surface area (Å²) < 4.78 is 28.6. The van der Waals surface area contributed by atoms with Crippen molar-refractivity contribution in [1.82, 2.24) is 19.2 Å². The zero-order valence-corrected chi connectivity index (χ0v) is 14.8. The molecule has 1 aromatic carbocycles. The number of carbonyl (C=O) groups is 1. The number of benzene rings is 1. The van der Waals surface area contributed by atoms with Crippen molar-refractivity contribution in [3.8, 4) is 0 Å². The highest BCUT2D eigenvalue weighted by molar-refractivity contribution is 7.89. The molecule has 2 aromatic rings. The molecule has 2 heterocycles. The van der Waals surface area contributed by atoms with Crippen LogP contribution in [-0.2, 0) is 16.6 Å². The molecule has 1 N–H and O–H groups in total. The second-order valence-corrected chi connectivity index (χ2v) is 7.99. The number of imidazole rings is 1. The second-order valence-electron chi connectivity index (χ2n) is 6.05. The van der Waals surface area contributed by atoms with Crippen LogP contribution in [0.3, 0.4) is 0 Å². The van der Waals surface area contributed by atoms with E-state index in [4.69, 9.17) is 0 Å². The molecule has 8 heteroatoms. The summed E-state index contributed by atoms with van der Waals surface area (Å²) in [6.07, 6.45) is 7.86. The summed E-state index contributed by atoms with van der Waals surface area (Å²) in [4.78, 5) is 16.4. The molecule has 1 amide bonds. The van der Waals surface area contributed by atoms with Crippen molar-refractivity contribution in [2.24, 2.45) is 0 Å². The van der Waals surface area contributed by atoms with E-state index in [2.05, 4.69) is 10.3 Å². The lowest BCUT2D eigenvalue weighted by molar-refractivity contribution is 0.0952. The Bertz CT molecular complexity index is 812. The van der Waals surface area contributed by atoms with Gasteiger partial charge in [-0.1, -0.05) is 6.07 Å². The predicted octanol–water partition coefficient (Wildman–Crippen LogP) is 1.49. The zero-order chi connectivity index (χ0) is 17.7. The first-order valence-electron chi connectivity index (χ1n) is 8.41. The van der Waals surface area contributed by atoms with E-state index in [-0.39, 0.29) is 10.8 Å². The molecule has 0 bridgehead atoms. The third kappa shape index (κ3) is 4.26. The van der Waals surface area contributed by atoms with Gasteiger partial charge in [0.05, 0.1) is 11.2 Å². The van der Waals surface area contributed by atoms with Crippen LogP contribution < -0.4 is 5.32 Å². The molecule has 0 atom stereocenters. The summed E-state index contributed by atoms with van der Waals surface area (Å²) >= 11 is 0. The molecule has 1 aliphatic heterocycles. The quantitative estimate of drug-likeness (QED) is 0.756. The fraction of sp³-hybridized carbons (Fsp3) is 0.412. The molecular weight excluding hydrogens is 340 g/mol. The lowest BCUT2D eigenvalue weighted by Gasteiger charge is -2.16. The monoisotopic (exact) mass is 362 g/mol. The Balaban J connectivity index is 1.59. The van der Waals surface area contributed by atoms with Gasteiger partial charge >= 0.3 is 0 Å². The minimum Gasteiger partial charge on any atom is -0.352 e. The standard InChI is InChI=1S/C17H22N4O3S/c22-17(19-7-4-9-20-12-8-18-14-20)15-5-3-6-16(13-15)25(23,24)21-10-1-2-11-21/h3,5-6,8,12-14H,1-2,4,7,9-11H2,(H,19,22). The van der Waals surface area contributed by atoms with Crippen LogP contribution in [0.15, 0.2) is 47.9 Å². The maximum absolute atomic E-state index is 12.6. The van der Waals surface area contributed by atoms with Crippen LogP contribution in [0.2, 0.25) is 0 Å². The predicted molar refractivity (Wildman–Crippen MR) is 93.6 cm³/mol. The molecule has 1 fully saturated rings. The van der Waals surface area contributed by atoms with E-state index in [1.54, 1.807) is 30.7 Å². The maximum atomic E-state index is 12.6. The van der Waals surface area contributed by atoms with Crippen LogP contribution in [-0.4, -0.2) is 47.8 Å². The molecule has 1 saturated heterocycles. The highest BCUT2D eigenvalue weighted by Crippen LogP contribution is 2.21. The van der Waals surface area contributed by atoms with Crippen LogP contribution in [0.25, 0.3) is 0 Å². The lowest BCUT2D eigenvalue weighted by Crippen LogP contribution is -2.29. The van der Waals surface area contributed by atoms with E-state index in [9.17, 15) is 13.2 Å². The molecule has 1 aliphatic rings. The molecule has 0 radical (unpaired) electrons. The van der Waals surface area contributed by atoms with Gasteiger partial charge in [-0.15, -0.1) is 0 Å². The molecule has 3 rings (SSSR count). The van der Waals surface area contributed by atoms with Crippen molar-refractivity contribution >= 4 is 15.9 Å². The van der Waals surface area contributed by atoms with Crippen molar-refractivity contribution < 1.29 is 13.2 Å². The molecule has 0 aliphatic carbocycles. The Kier molecular flexibility index (Phi) is 5.50.